The molecule has 0 N–H and O–H groups in total. The number of methoxy groups -OCH3 is 1. The molecule has 0 atom stereocenters. The van der Waals surface area contributed by atoms with Crippen LogP contribution in [0.2, 0.25) is 10.0 Å². The molecule has 0 aliphatic carbocycles. The Bertz CT molecular complexity index is 937. The second-order valence-corrected chi connectivity index (χ2v) is 6.70. The Kier molecular flexibility index (Phi) is 5.10. The van der Waals surface area contributed by atoms with Gasteiger partial charge < -0.3 is 4.74 Å². The van der Waals surface area contributed by atoms with Crippen molar-refractivity contribution in [3.8, 4) is 5.75 Å². The summed E-state index contributed by atoms with van der Waals surface area (Å²) in [5.41, 5.74) is 1.74. The Labute approximate surface area is 155 Å². The van der Waals surface area contributed by atoms with Crippen molar-refractivity contribution >= 4 is 41.1 Å². The van der Waals surface area contributed by atoms with E-state index in [1.807, 2.05) is 25.2 Å². The minimum atomic E-state index is 0.475. The SMILES string of the molecule is COc1cccc(CN(C)Cn2nc3c(Cl)cc(Cl)cn3c2=S)c1. The van der Waals surface area contributed by atoms with E-state index < -0.39 is 0 Å². The van der Waals surface area contributed by atoms with E-state index in [9.17, 15) is 0 Å². The fourth-order valence-corrected chi connectivity index (χ4v) is 3.25. The van der Waals surface area contributed by atoms with E-state index in [0.717, 1.165) is 17.9 Å². The van der Waals surface area contributed by atoms with Gasteiger partial charge in [0.2, 0.25) is 4.77 Å². The zero-order chi connectivity index (χ0) is 17.3. The maximum atomic E-state index is 6.19. The summed E-state index contributed by atoms with van der Waals surface area (Å²) in [5.74, 6) is 0.840. The summed E-state index contributed by atoms with van der Waals surface area (Å²) in [6, 6.07) is 9.62. The van der Waals surface area contributed by atoms with Crippen LogP contribution in [0.25, 0.3) is 5.65 Å². The van der Waals surface area contributed by atoms with Gasteiger partial charge in [-0.05, 0) is 43.0 Å². The van der Waals surface area contributed by atoms with Crippen LogP contribution in [-0.2, 0) is 13.2 Å². The molecular formula is C16H16Cl2N4OS. The second-order valence-electron chi connectivity index (χ2n) is 5.49. The lowest BCUT2D eigenvalue weighted by atomic mass is 10.2. The Morgan fingerprint density at radius 2 is 2.08 bits per heavy atom. The molecule has 2 heterocycles. The zero-order valence-electron chi connectivity index (χ0n) is 13.2. The van der Waals surface area contributed by atoms with Gasteiger partial charge in [0.1, 0.15) is 5.75 Å². The molecular weight excluding hydrogens is 367 g/mol. The molecule has 0 aliphatic heterocycles. The van der Waals surface area contributed by atoms with Gasteiger partial charge in [-0.2, -0.15) is 0 Å². The number of ether oxygens (including phenoxy) is 1. The normalized spacial score (nSPS) is 11.4. The van der Waals surface area contributed by atoms with Gasteiger partial charge in [-0.25, -0.2) is 4.68 Å². The molecule has 0 saturated heterocycles. The average Bonchev–Trinajstić information content (AvgIpc) is 2.84. The fraction of sp³-hybridized carbons (Fsp3) is 0.250. The molecule has 126 valence electrons. The van der Waals surface area contributed by atoms with Gasteiger partial charge in [-0.15, -0.1) is 5.10 Å². The molecule has 0 unspecified atom stereocenters. The Morgan fingerprint density at radius 3 is 2.83 bits per heavy atom. The summed E-state index contributed by atoms with van der Waals surface area (Å²) >= 11 is 17.7. The first-order valence-electron chi connectivity index (χ1n) is 7.23. The van der Waals surface area contributed by atoms with Gasteiger partial charge in [-0.3, -0.25) is 9.30 Å². The molecule has 1 aromatic carbocycles. The quantitative estimate of drug-likeness (QED) is 0.617. The lowest BCUT2D eigenvalue weighted by Crippen LogP contribution is -2.22. The van der Waals surface area contributed by atoms with E-state index in [4.69, 9.17) is 40.2 Å². The first-order valence-corrected chi connectivity index (χ1v) is 8.40. The number of aromatic nitrogens is 3. The third kappa shape index (κ3) is 3.57. The van der Waals surface area contributed by atoms with Crippen molar-refractivity contribution in [2.24, 2.45) is 0 Å². The topological polar surface area (TPSA) is 34.7 Å². The summed E-state index contributed by atoms with van der Waals surface area (Å²) in [6.07, 6.45) is 1.72. The van der Waals surface area contributed by atoms with Crippen molar-refractivity contribution in [1.82, 2.24) is 19.1 Å². The number of hydrogen-bond acceptors (Lipinski definition) is 4. The van der Waals surface area contributed by atoms with Crippen LogP contribution in [-0.4, -0.2) is 33.2 Å². The van der Waals surface area contributed by atoms with Gasteiger partial charge in [-0.1, -0.05) is 35.3 Å². The lowest BCUT2D eigenvalue weighted by Gasteiger charge is -2.16. The molecule has 0 fully saturated rings. The summed E-state index contributed by atoms with van der Waals surface area (Å²) in [4.78, 5) is 2.10. The van der Waals surface area contributed by atoms with Gasteiger partial charge >= 0.3 is 0 Å². The molecule has 5 nitrogen and oxygen atoms in total. The highest BCUT2D eigenvalue weighted by atomic mass is 35.5. The van der Waals surface area contributed by atoms with E-state index in [2.05, 4.69) is 16.1 Å². The highest BCUT2D eigenvalue weighted by molar-refractivity contribution is 7.71. The van der Waals surface area contributed by atoms with Crippen molar-refractivity contribution in [3.05, 3.63) is 56.9 Å². The van der Waals surface area contributed by atoms with E-state index >= 15 is 0 Å². The van der Waals surface area contributed by atoms with Crippen molar-refractivity contribution in [1.29, 1.82) is 0 Å². The van der Waals surface area contributed by atoms with Crippen molar-refractivity contribution in [3.63, 3.8) is 0 Å². The molecule has 0 spiro atoms. The van der Waals surface area contributed by atoms with Crippen LogP contribution >= 0.6 is 35.4 Å². The molecule has 2 aromatic heterocycles. The summed E-state index contributed by atoms with van der Waals surface area (Å²) < 4.78 is 9.25. The molecule has 0 amide bonds. The van der Waals surface area contributed by atoms with Crippen LogP contribution in [0.1, 0.15) is 5.56 Å². The van der Waals surface area contributed by atoms with Crippen LogP contribution in [0.4, 0.5) is 0 Å². The molecule has 0 aliphatic rings. The first-order chi connectivity index (χ1) is 11.5. The van der Waals surface area contributed by atoms with Crippen LogP contribution < -0.4 is 4.74 Å². The number of halogens is 2. The smallest absolute Gasteiger partial charge is 0.203 e. The molecule has 8 heteroatoms. The van der Waals surface area contributed by atoms with Gasteiger partial charge in [0.25, 0.3) is 0 Å². The minimum Gasteiger partial charge on any atom is -0.497 e. The summed E-state index contributed by atoms with van der Waals surface area (Å²) in [6.45, 7) is 1.27. The first kappa shape index (κ1) is 17.2. The average molecular weight is 383 g/mol. The maximum absolute atomic E-state index is 6.19. The lowest BCUT2D eigenvalue weighted by molar-refractivity contribution is 0.244. The molecule has 3 rings (SSSR count). The monoisotopic (exact) mass is 382 g/mol. The van der Waals surface area contributed by atoms with E-state index in [0.29, 0.717) is 27.1 Å². The van der Waals surface area contributed by atoms with Gasteiger partial charge in [0, 0.05) is 12.7 Å². The highest BCUT2D eigenvalue weighted by Crippen LogP contribution is 2.21. The number of rotatable bonds is 5. The maximum Gasteiger partial charge on any atom is 0.203 e. The zero-order valence-corrected chi connectivity index (χ0v) is 15.6. The third-order valence-electron chi connectivity index (χ3n) is 3.56. The molecule has 24 heavy (non-hydrogen) atoms. The van der Waals surface area contributed by atoms with Crippen LogP contribution in [0.15, 0.2) is 36.5 Å². The number of benzene rings is 1. The molecule has 0 saturated carbocycles. The highest BCUT2D eigenvalue weighted by Gasteiger charge is 2.11. The predicted octanol–water partition coefficient (Wildman–Crippen LogP) is 4.27. The largest absolute Gasteiger partial charge is 0.497 e. The third-order valence-corrected chi connectivity index (χ3v) is 4.46. The number of nitrogens with zero attached hydrogens (tertiary/aromatic N) is 4. The summed E-state index contributed by atoms with van der Waals surface area (Å²) in [5, 5.41) is 5.48. The number of pyridine rings is 1. The van der Waals surface area contributed by atoms with Gasteiger partial charge in [0.15, 0.2) is 5.65 Å². The number of fused-ring (bicyclic) bond motifs is 1. The van der Waals surface area contributed by atoms with E-state index in [1.54, 1.807) is 28.5 Å². The minimum absolute atomic E-state index is 0.475. The van der Waals surface area contributed by atoms with Crippen molar-refractivity contribution < 1.29 is 4.74 Å². The van der Waals surface area contributed by atoms with Crippen molar-refractivity contribution in [2.75, 3.05) is 14.2 Å². The van der Waals surface area contributed by atoms with Gasteiger partial charge in [0.05, 0.1) is 23.8 Å². The second kappa shape index (κ2) is 7.11. The Balaban J connectivity index is 1.83. The van der Waals surface area contributed by atoms with E-state index in [-0.39, 0.29) is 0 Å². The van der Waals surface area contributed by atoms with Crippen LogP contribution in [0, 0.1) is 4.77 Å². The predicted molar refractivity (Wildman–Crippen MR) is 98.5 cm³/mol. The van der Waals surface area contributed by atoms with Crippen LogP contribution in [0.5, 0.6) is 5.75 Å². The Hall–Kier alpha value is -1.60. The molecule has 0 bridgehead atoms. The van der Waals surface area contributed by atoms with E-state index in [1.165, 1.54) is 0 Å². The standard InChI is InChI=1S/C16H16Cl2N4OS/c1-20(8-11-4-3-5-13(6-11)23-2)10-22-16(24)21-9-12(17)7-14(18)15(21)19-22/h3-7,9H,8,10H2,1-2H3. The molecule has 3 aromatic rings. The molecule has 0 radical (unpaired) electrons. The summed E-state index contributed by atoms with van der Waals surface area (Å²) in [7, 11) is 3.66. The Morgan fingerprint density at radius 1 is 1.29 bits per heavy atom. The fourth-order valence-electron chi connectivity index (χ4n) is 2.50. The number of hydrogen-bond donors (Lipinski definition) is 0. The van der Waals surface area contributed by atoms with Crippen LogP contribution in [0.3, 0.4) is 0 Å². The van der Waals surface area contributed by atoms with Crippen molar-refractivity contribution in [2.45, 2.75) is 13.2 Å².